The molecule has 2 rings (SSSR count). The summed E-state index contributed by atoms with van der Waals surface area (Å²) in [4.78, 5) is 0.333. The van der Waals surface area contributed by atoms with Crippen molar-refractivity contribution < 1.29 is 18.3 Å². The van der Waals surface area contributed by atoms with Crippen LogP contribution in [0.25, 0.3) is 0 Å². The average Bonchev–Trinajstić information content (AvgIpc) is 2.50. The van der Waals surface area contributed by atoms with E-state index in [0.717, 1.165) is 35.3 Å². The van der Waals surface area contributed by atoms with Crippen molar-refractivity contribution in [3.05, 3.63) is 22.3 Å². The number of aliphatic hydroxyl groups excluding tert-OH is 1. The maximum absolute atomic E-state index is 13.1. The molecule has 0 unspecified atom stereocenters. The molecule has 1 atom stereocenters. The second kappa shape index (κ2) is 7.49. The molecule has 6 heteroatoms. The third-order valence-electron chi connectivity index (χ3n) is 5.23. The molecule has 0 bridgehead atoms. The third-order valence-corrected chi connectivity index (χ3v) is 7.03. The van der Waals surface area contributed by atoms with Crippen molar-refractivity contribution in [1.29, 1.82) is 0 Å². The molecule has 0 aliphatic carbocycles. The van der Waals surface area contributed by atoms with Crippen molar-refractivity contribution in [1.82, 2.24) is 4.72 Å². The lowest BCUT2D eigenvalue weighted by Crippen LogP contribution is -2.39. The van der Waals surface area contributed by atoms with Crippen molar-refractivity contribution in [3.63, 3.8) is 0 Å². The van der Waals surface area contributed by atoms with E-state index in [1.54, 1.807) is 0 Å². The number of fused-ring (bicyclic) bond motifs is 1. The molecule has 0 saturated carbocycles. The molecule has 148 valence electrons. The molecule has 0 amide bonds. The molecule has 1 aromatic rings. The number of ether oxygens (including phenoxy) is 1. The Bertz CT molecular complexity index is 782. The van der Waals surface area contributed by atoms with Crippen LogP contribution in [0, 0.1) is 26.7 Å². The van der Waals surface area contributed by atoms with Crippen molar-refractivity contribution in [2.75, 3.05) is 6.61 Å². The maximum atomic E-state index is 13.1. The lowest BCUT2D eigenvalue weighted by molar-refractivity contribution is 0.0832. The van der Waals surface area contributed by atoms with Gasteiger partial charge in [0.2, 0.25) is 10.0 Å². The van der Waals surface area contributed by atoms with Gasteiger partial charge < -0.3 is 9.84 Å². The van der Waals surface area contributed by atoms with E-state index in [4.69, 9.17) is 4.74 Å². The summed E-state index contributed by atoms with van der Waals surface area (Å²) in [5, 5.41) is 9.58. The van der Waals surface area contributed by atoms with E-state index in [9.17, 15) is 13.5 Å². The summed E-state index contributed by atoms with van der Waals surface area (Å²) < 4.78 is 35.1. The summed E-state index contributed by atoms with van der Waals surface area (Å²) in [5.41, 5.74) is 3.09. The first-order valence-electron chi connectivity index (χ1n) is 9.34. The highest BCUT2D eigenvalue weighted by molar-refractivity contribution is 7.89. The van der Waals surface area contributed by atoms with E-state index in [0.29, 0.717) is 16.9 Å². The van der Waals surface area contributed by atoms with E-state index in [-0.39, 0.29) is 18.1 Å². The molecule has 26 heavy (non-hydrogen) atoms. The van der Waals surface area contributed by atoms with Gasteiger partial charge in [-0.1, -0.05) is 13.8 Å². The van der Waals surface area contributed by atoms with Gasteiger partial charge in [0.15, 0.2) is 0 Å². The van der Waals surface area contributed by atoms with E-state index < -0.39 is 16.1 Å². The van der Waals surface area contributed by atoms with Crippen LogP contribution < -0.4 is 9.46 Å². The lowest BCUT2D eigenvalue weighted by atomic mass is 9.88. The summed E-state index contributed by atoms with van der Waals surface area (Å²) in [6.45, 7) is 13.5. The Kier molecular flexibility index (Phi) is 6.10. The van der Waals surface area contributed by atoms with Crippen LogP contribution in [-0.4, -0.2) is 31.8 Å². The molecule has 0 fully saturated rings. The summed E-state index contributed by atoms with van der Waals surface area (Å²) in [6, 6.07) is -0.481. The van der Waals surface area contributed by atoms with Crippen LogP contribution in [0.4, 0.5) is 0 Å². The molecular formula is C20H33NO4S. The largest absolute Gasteiger partial charge is 0.487 e. The second-order valence-corrected chi connectivity index (χ2v) is 10.2. The monoisotopic (exact) mass is 383 g/mol. The van der Waals surface area contributed by atoms with Crippen LogP contribution in [0.3, 0.4) is 0 Å². The fourth-order valence-corrected chi connectivity index (χ4v) is 5.57. The Morgan fingerprint density at radius 3 is 2.31 bits per heavy atom. The summed E-state index contributed by atoms with van der Waals surface area (Å²) in [5.74, 6) is 1.12. The van der Waals surface area contributed by atoms with Crippen LogP contribution in [-0.2, 0) is 16.4 Å². The number of aliphatic hydroxyl groups is 1. The zero-order valence-corrected chi connectivity index (χ0v) is 17.9. The Hall–Kier alpha value is -1.11. The number of hydrogen-bond donors (Lipinski definition) is 2. The minimum atomic E-state index is -3.73. The van der Waals surface area contributed by atoms with Gasteiger partial charge in [0.05, 0.1) is 11.5 Å². The highest BCUT2D eigenvalue weighted by Crippen LogP contribution is 2.42. The van der Waals surface area contributed by atoms with E-state index in [1.165, 1.54) is 0 Å². The predicted molar refractivity (Wildman–Crippen MR) is 104 cm³/mol. The van der Waals surface area contributed by atoms with Gasteiger partial charge in [-0.25, -0.2) is 13.1 Å². The first-order valence-corrected chi connectivity index (χ1v) is 10.8. The highest BCUT2D eigenvalue weighted by Gasteiger charge is 2.34. The molecule has 1 aromatic carbocycles. The molecule has 2 N–H and O–H groups in total. The highest BCUT2D eigenvalue weighted by atomic mass is 32.2. The maximum Gasteiger partial charge on any atom is 0.241 e. The Morgan fingerprint density at radius 2 is 1.77 bits per heavy atom. The number of hydrogen-bond acceptors (Lipinski definition) is 4. The fourth-order valence-electron chi connectivity index (χ4n) is 3.76. The first kappa shape index (κ1) is 21.2. The Balaban J connectivity index is 2.52. The first-order chi connectivity index (χ1) is 11.9. The minimum Gasteiger partial charge on any atom is -0.487 e. The number of sulfonamides is 1. The van der Waals surface area contributed by atoms with Crippen molar-refractivity contribution >= 4 is 10.0 Å². The van der Waals surface area contributed by atoms with Gasteiger partial charge in [0.25, 0.3) is 0 Å². The van der Waals surface area contributed by atoms with Crippen molar-refractivity contribution in [2.45, 2.75) is 84.3 Å². The molecule has 0 aromatic heterocycles. The minimum absolute atomic E-state index is 0.212. The summed E-state index contributed by atoms with van der Waals surface area (Å²) in [6.07, 6.45) is 2.24. The Morgan fingerprint density at radius 1 is 1.15 bits per heavy atom. The van der Waals surface area contributed by atoms with Crippen molar-refractivity contribution in [2.24, 2.45) is 5.92 Å². The predicted octanol–water partition coefficient (Wildman–Crippen LogP) is 3.40. The van der Waals surface area contributed by atoms with Crippen LogP contribution in [0.15, 0.2) is 4.90 Å². The van der Waals surface area contributed by atoms with Crippen LogP contribution in [0.5, 0.6) is 5.75 Å². The molecule has 0 radical (unpaired) electrons. The standard InChI is InChI=1S/C20H33NO4S/c1-12(2)10-16(11-22)21-26(23,24)19-14(4)13(3)18-17(15(19)5)8-9-20(6,7)25-18/h12,16,21-22H,8-11H2,1-7H3/t16-/m0/s1. The molecule has 0 saturated heterocycles. The fraction of sp³-hybridized carbons (Fsp3) is 0.700. The van der Waals surface area contributed by atoms with Crippen molar-refractivity contribution in [3.8, 4) is 5.75 Å². The van der Waals surface area contributed by atoms with Crippen LogP contribution in [0.1, 0.15) is 62.8 Å². The zero-order chi connectivity index (χ0) is 19.9. The van der Waals surface area contributed by atoms with E-state index >= 15 is 0 Å². The van der Waals surface area contributed by atoms with Crippen LogP contribution >= 0.6 is 0 Å². The van der Waals surface area contributed by atoms with Gasteiger partial charge in [-0.3, -0.25) is 0 Å². The molecule has 1 aliphatic heterocycles. The molecule has 5 nitrogen and oxygen atoms in total. The smallest absolute Gasteiger partial charge is 0.241 e. The SMILES string of the molecule is Cc1c(C)c(S(=O)(=O)N[C@H](CO)CC(C)C)c(C)c2c1OC(C)(C)CC2. The Labute approximate surface area is 158 Å². The topological polar surface area (TPSA) is 75.6 Å². The third kappa shape index (κ3) is 4.24. The van der Waals surface area contributed by atoms with E-state index in [1.807, 2.05) is 34.6 Å². The summed E-state index contributed by atoms with van der Waals surface area (Å²) in [7, 11) is -3.73. The van der Waals surface area contributed by atoms with Gasteiger partial charge in [-0.05, 0) is 82.1 Å². The number of nitrogens with one attached hydrogen (secondary N) is 1. The van der Waals surface area contributed by atoms with Crippen LogP contribution in [0.2, 0.25) is 0 Å². The number of rotatable bonds is 6. The normalized spacial score (nSPS) is 17.7. The van der Waals surface area contributed by atoms with Gasteiger partial charge in [-0.2, -0.15) is 0 Å². The molecule has 0 spiro atoms. The molecule has 1 heterocycles. The van der Waals surface area contributed by atoms with Gasteiger partial charge in [0.1, 0.15) is 11.4 Å². The lowest BCUT2D eigenvalue weighted by Gasteiger charge is -2.35. The summed E-state index contributed by atoms with van der Waals surface area (Å²) >= 11 is 0. The van der Waals surface area contributed by atoms with Gasteiger partial charge in [0, 0.05) is 6.04 Å². The number of benzene rings is 1. The molecular weight excluding hydrogens is 350 g/mol. The van der Waals surface area contributed by atoms with Gasteiger partial charge >= 0.3 is 0 Å². The zero-order valence-electron chi connectivity index (χ0n) is 17.1. The van der Waals surface area contributed by atoms with E-state index in [2.05, 4.69) is 18.6 Å². The molecule has 1 aliphatic rings. The quantitative estimate of drug-likeness (QED) is 0.789. The average molecular weight is 384 g/mol. The second-order valence-electron chi connectivity index (χ2n) is 8.50. The van der Waals surface area contributed by atoms with Gasteiger partial charge in [-0.15, -0.1) is 0 Å².